The summed E-state index contributed by atoms with van der Waals surface area (Å²) in [7, 11) is 0. The van der Waals surface area contributed by atoms with Crippen molar-refractivity contribution in [1.82, 2.24) is 9.97 Å². The van der Waals surface area contributed by atoms with Crippen LogP contribution in [-0.4, -0.2) is 56.2 Å². The smallest absolute Gasteiger partial charge is 0.475 e. The van der Waals surface area contributed by atoms with Gasteiger partial charge in [0.25, 0.3) is 0 Å². The molecule has 1 unspecified atom stereocenters. The Balaban J connectivity index is 0.000000421. The van der Waals surface area contributed by atoms with E-state index in [4.69, 9.17) is 30.9 Å². The van der Waals surface area contributed by atoms with Gasteiger partial charge in [-0.1, -0.05) is 60.7 Å². The summed E-state index contributed by atoms with van der Waals surface area (Å²) in [6.45, 7) is 0. The molecule has 1 aromatic heterocycles. The van der Waals surface area contributed by atoms with Gasteiger partial charge in [0.1, 0.15) is 17.6 Å². The lowest BCUT2D eigenvalue weighted by molar-refractivity contribution is -0.193. The van der Waals surface area contributed by atoms with Crippen LogP contribution >= 0.6 is 0 Å². The average molecular weight is 638 g/mol. The molecule has 0 aliphatic carbocycles. The van der Waals surface area contributed by atoms with E-state index in [0.29, 0.717) is 23.5 Å². The van der Waals surface area contributed by atoms with Crippen LogP contribution in [-0.2, 0) is 20.8 Å². The Morgan fingerprint density at radius 2 is 1.29 bits per heavy atom. The molecule has 0 fully saturated rings. The van der Waals surface area contributed by atoms with E-state index in [-0.39, 0.29) is 11.7 Å². The van der Waals surface area contributed by atoms with Crippen molar-refractivity contribution >= 4 is 29.4 Å². The standard InChI is InChI=1S/C25H23N5O.2C2HF3O2/c26-23(27)19-11-13-20(14-12-19)29-25(31)21(15-17-7-3-1-4-8-17)24-28-16-22(30-24)18-9-5-2-6-10-18;2*3-2(4,5)1(6)7/h1-14,16,21H,15H2,(H3,26,27)(H,28,30)(H,29,31);2*(H,6,7). The number of imidazole rings is 1. The van der Waals surface area contributed by atoms with Crippen molar-refractivity contribution in [2.24, 2.45) is 5.73 Å². The SMILES string of the molecule is N=C(N)c1ccc(NC(=O)C(Cc2ccccc2)c2ncc(-c3ccccc3)[nH]2)cc1.O=C(O)C(F)(F)F.O=C(O)C(F)(F)F. The lowest BCUT2D eigenvalue weighted by Gasteiger charge is -2.15. The summed E-state index contributed by atoms with van der Waals surface area (Å²) in [6, 6.07) is 26.7. The maximum absolute atomic E-state index is 13.2. The first-order valence-corrected chi connectivity index (χ1v) is 12.5. The Hall–Kier alpha value is -5.67. The van der Waals surface area contributed by atoms with Gasteiger partial charge in [0, 0.05) is 11.3 Å². The van der Waals surface area contributed by atoms with E-state index in [0.717, 1.165) is 16.8 Å². The lowest BCUT2D eigenvalue weighted by atomic mass is 9.97. The minimum absolute atomic E-state index is 0.0103. The summed E-state index contributed by atoms with van der Waals surface area (Å²) in [5, 5.41) is 24.7. The topological polar surface area (TPSA) is 182 Å². The molecule has 1 amide bonds. The van der Waals surface area contributed by atoms with Crippen molar-refractivity contribution in [2.45, 2.75) is 24.7 Å². The van der Waals surface area contributed by atoms with Crippen LogP contribution in [0.1, 0.15) is 22.9 Å². The van der Waals surface area contributed by atoms with Crippen LogP contribution in [0.25, 0.3) is 11.3 Å². The Labute approximate surface area is 251 Å². The number of benzene rings is 3. The molecule has 4 rings (SSSR count). The highest BCUT2D eigenvalue weighted by Crippen LogP contribution is 2.25. The van der Waals surface area contributed by atoms with E-state index < -0.39 is 30.2 Å². The predicted molar refractivity (Wildman–Crippen MR) is 150 cm³/mol. The number of H-pyrrole nitrogens is 1. The minimum Gasteiger partial charge on any atom is -0.475 e. The summed E-state index contributed by atoms with van der Waals surface area (Å²) in [4.78, 5) is 38.9. The molecule has 0 saturated heterocycles. The molecule has 1 atom stereocenters. The largest absolute Gasteiger partial charge is 0.490 e. The zero-order valence-corrected chi connectivity index (χ0v) is 22.9. The number of nitrogens with two attached hydrogens (primary N) is 1. The highest BCUT2D eigenvalue weighted by molar-refractivity contribution is 5.98. The number of amides is 1. The first-order chi connectivity index (χ1) is 21.0. The Morgan fingerprint density at radius 1 is 0.822 bits per heavy atom. The first kappa shape index (κ1) is 35.5. The molecule has 0 aliphatic heterocycles. The summed E-state index contributed by atoms with van der Waals surface area (Å²) >= 11 is 0. The number of aromatic amines is 1. The zero-order chi connectivity index (χ0) is 33.8. The van der Waals surface area contributed by atoms with Crippen molar-refractivity contribution in [3.63, 3.8) is 0 Å². The molecule has 0 spiro atoms. The van der Waals surface area contributed by atoms with Gasteiger partial charge in [0.2, 0.25) is 5.91 Å². The minimum atomic E-state index is -5.08. The van der Waals surface area contributed by atoms with Crippen molar-refractivity contribution in [3.05, 3.63) is 108 Å². The molecule has 16 heteroatoms. The quantitative estimate of drug-likeness (QED) is 0.0867. The van der Waals surface area contributed by atoms with Crippen LogP contribution in [0.2, 0.25) is 0 Å². The van der Waals surface area contributed by atoms with Gasteiger partial charge < -0.3 is 26.2 Å². The van der Waals surface area contributed by atoms with Gasteiger partial charge in [-0.15, -0.1) is 0 Å². The number of aromatic nitrogens is 2. The highest BCUT2D eigenvalue weighted by Gasteiger charge is 2.38. The summed E-state index contributed by atoms with van der Waals surface area (Å²) in [5.74, 6) is -5.56. The van der Waals surface area contributed by atoms with Gasteiger partial charge in [0.05, 0.1) is 11.9 Å². The molecule has 10 nitrogen and oxygen atoms in total. The second kappa shape index (κ2) is 15.7. The third-order valence-electron chi connectivity index (χ3n) is 5.56. The molecule has 0 radical (unpaired) electrons. The van der Waals surface area contributed by atoms with Gasteiger partial charge in [0.15, 0.2) is 0 Å². The number of nitrogen functional groups attached to an aromatic ring is 1. The molecule has 4 aromatic rings. The fourth-order valence-corrected chi connectivity index (χ4v) is 3.40. The Bertz CT molecular complexity index is 1550. The average Bonchev–Trinajstić information content (AvgIpc) is 3.47. The van der Waals surface area contributed by atoms with Gasteiger partial charge in [-0.2, -0.15) is 26.3 Å². The van der Waals surface area contributed by atoms with Crippen LogP contribution in [0.4, 0.5) is 32.0 Å². The van der Waals surface area contributed by atoms with Gasteiger partial charge in [-0.25, -0.2) is 14.6 Å². The molecular formula is C29H25F6N5O5. The van der Waals surface area contributed by atoms with Gasteiger partial charge in [-0.05, 0) is 41.8 Å². The van der Waals surface area contributed by atoms with E-state index in [1.165, 1.54) is 0 Å². The lowest BCUT2D eigenvalue weighted by Crippen LogP contribution is -2.24. The number of rotatable bonds is 7. The van der Waals surface area contributed by atoms with E-state index in [9.17, 15) is 31.1 Å². The molecule has 45 heavy (non-hydrogen) atoms. The maximum atomic E-state index is 13.2. The number of carbonyl (C=O) groups is 3. The number of carboxylic acid groups (broad SMARTS) is 2. The number of halogens is 6. The predicted octanol–water partition coefficient (Wildman–Crippen LogP) is 5.59. The summed E-state index contributed by atoms with van der Waals surface area (Å²) < 4.78 is 63.5. The van der Waals surface area contributed by atoms with Crippen molar-refractivity contribution in [1.29, 1.82) is 5.41 Å². The number of nitrogens with one attached hydrogen (secondary N) is 3. The number of alkyl halides is 6. The normalized spacial score (nSPS) is 11.5. The Morgan fingerprint density at radius 3 is 1.73 bits per heavy atom. The number of carboxylic acids is 2. The Kier molecular flexibility index (Phi) is 12.4. The van der Waals surface area contributed by atoms with E-state index in [2.05, 4.69) is 15.3 Å². The molecule has 238 valence electrons. The number of hydrogen-bond acceptors (Lipinski definition) is 5. The molecule has 7 N–H and O–H groups in total. The fraction of sp³-hybridized carbons (Fsp3) is 0.138. The third-order valence-corrected chi connectivity index (χ3v) is 5.56. The molecule has 0 bridgehead atoms. The van der Waals surface area contributed by atoms with E-state index in [1.54, 1.807) is 30.5 Å². The van der Waals surface area contributed by atoms with Crippen LogP contribution in [0.15, 0.2) is 91.1 Å². The number of anilines is 1. The molecule has 1 heterocycles. The van der Waals surface area contributed by atoms with Crippen molar-refractivity contribution in [3.8, 4) is 11.3 Å². The molecule has 0 aliphatic rings. The summed E-state index contributed by atoms with van der Waals surface area (Å²) in [5.41, 5.74) is 9.69. The zero-order valence-electron chi connectivity index (χ0n) is 22.9. The second-order valence-electron chi connectivity index (χ2n) is 8.88. The molecule has 0 saturated carbocycles. The first-order valence-electron chi connectivity index (χ1n) is 12.5. The fourth-order valence-electron chi connectivity index (χ4n) is 3.40. The summed E-state index contributed by atoms with van der Waals surface area (Å²) in [6.07, 6.45) is -7.89. The third kappa shape index (κ3) is 11.9. The van der Waals surface area contributed by atoms with Gasteiger partial charge in [-0.3, -0.25) is 10.2 Å². The number of amidine groups is 1. The monoisotopic (exact) mass is 637 g/mol. The van der Waals surface area contributed by atoms with Crippen molar-refractivity contribution < 1.29 is 50.9 Å². The van der Waals surface area contributed by atoms with Gasteiger partial charge >= 0.3 is 24.3 Å². The molecular weight excluding hydrogens is 612 g/mol. The van der Waals surface area contributed by atoms with Crippen LogP contribution in [0.3, 0.4) is 0 Å². The van der Waals surface area contributed by atoms with E-state index >= 15 is 0 Å². The number of carbonyl (C=O) groups excluding carboxylic acids is 1. The maximum Gasteiger partial charge on any atom is 0.490 e. The molecule has 3 aromatic carbocycles. The van der Waals surface area contributed by atoms with Crippen molar-refractivity contribution in [2.75, 3.05) is 5.32 Å². The van der Waals surface area contributed by atoms with Crippen LogP contribution in [0.5, 0.6) is 0 Å². The van der Waals surface area contributed by atoms with Crippen LogP contribution in [0, 0.1) is 5.41 Å². The van der Waals surface area contributed by atoms with Crippen LogP contribution < -0.4 is 11.1 Å². The number of hydrogen-bond donors (Lipinski definition) is 6. The highest BCUT2D eigenvalue weighted by atomic mass is 19.4. The van der Waals surface area contributed by atoms with E-state index in [1.807, 2.05) is 60.7 Å². The number of nitrogens with zero attached hydrogens (tertiary/aromatic N) is 1. The number of aliphatic carboxylic acids is 2. The second-order valence-corrected chi connectivity index (χ2v) is 8.88.